The van der Waals surface area contributed by atoms with Crippen molar-refractivity contribution in [3.63, 3.8) is 0 Å². The second-order valence-corrected chi connectivity index (χ2v) is 19.0. The fraction of sp³-hybridized carbons (Fsp3) is 0.842. The lowest BCUT2D eigenvalue weighted by molar-refractivity contribution is -0.305. The molecular formula is C57H104O9. The molecule has 0 aliphatic carbocycles. The van der Waals surface area contributed by atoms with Crippen molar-refractivity contribution in [1.82, 2.24) is 0 Å². The standard InChI is InChI=1S/C57H104O9/c1-3-5-7-9-11-13-15-17-19-21-23-25-27-29-31-33-35-37-39-41-43-45-47-63-49-51(50-64-57-56(62)55(61)54(60)52(48-58)66-57)65-53(59)46-44-42-40-38-36-34-32-30-28-26-24-22-20-18-16-14-12-10-8-6-4-2/h15-18,21-24,51-52,54-58,60-62H,3-14,19-20,25-50H2,1-2H3/b17-15-,18-16-,23-21-,24-22-. The van der Waals surface area contributed by atoms with Crippen molar-refractivity contribution in [2.24, 2.45) is 0 Å². The molecule has 0 amide bonds. The number of esters is 1. The molecule has 9 nitrogen and oxygen atoms in total. The average molecular weight is 933 g/mol. The Labute approximate surface area is 405 Å². The number of hydrogen-bond donors (Lipinski definition) is 4. The summed E-state index contributed by atoms with van der Waals surface area (Å²) in [6, 6.07) is 0. The van der Waals surface area contributed by atoms with Gasteiger partial charge < -0.3 is 39.4 Å². The molecule has 1 saturated heterocycles. The van der Waals surface area contributed by atoms with Crippen molar-refractivity contribution in [2.75, 3.05) is 26.4 Å². The normalized spacial score (nSPS) is 19.6. The molecular weight excluding hydrogens is 829 g/mol. The predicted molar refractivity (Wildman–Crippen MR) is 275 cm³/mol. The quantitative estimate of drug-likeness (QED) is 0.0267. The fourth-order valence-electron chi connectivity index (χ4n) is 8.38. The van der Waals surface area contributed by atoms with Gasteiger partial charge in [0.15, 0.2) is 6.29 Å². The molecule has 0 aromatic heterocycles. The van der Waals surface area contributed by atoms with Crippen LogP contribution in [0.25, 0.3) is 0 Å². The molecule has 66 heavy (non-hydrogen) atoms. The summed E-state index contributed by atoms with van der Waals surface area (Å²) in [6.07, 6.45) is 54.3. The highest BCUT2D eigenvalue weighted by atomic mass is 16.7. The van der Waals surface area contributed by atoms with Crippen molar-refractivity contribution in [3.8, 4) is 0 Å². The van der Waals surface area contributed by atoms with Crippen molar-refractivity contribution >= 4 is 5.97 Å². The number of aliphatic hydroxyl groups excluding tert-OH is 4. The van der Waals surface area contributed by atoms with Crippen LogP contribution in [0.4, 0.5) is 0 Å². The molecule has 6 unspecified atom stereocenters. The molecule has 0 bridgehead atoms. The summed E-state index contributed by atoms with van der Waals surface area (Å²) in [6.45, 7) is 4.56. The summed E-state index contributed by atoms with van der Waals surface area (Å²) in [7, 11) is 0. The van der Waals surface area contributed by atoms with Crippen LogP contribution in [0, 0.1) is 0 Å². The third-order valence-electron chi connectivity index (χ3n) is 12.7. The number of aliphatic hydroxyl groups is 4. The third kappa shape index (κ3) is 38.1. The molecule has 1 heterocycles. The Morgan fingerprint density at radius 3 is 1.30 bits per heavy atom. The molecule has 386 valence electrons. The number of ether oxygens (including phenoxy) is 4. The zero-order chi connectivity index (χ0) is 47.8. The highest BCUT2D eigenvalue weighted by molar-refractivity contribution is 5.69. The van der Waals surface area contributed by atoms with E-state index in [-0.39, 0.29) is 19.2 Å². The van der Waals surface area contributed by atoms with Crippen molar-refractivity contribution in [1.29, 1.82) is 0 Å². The lowest BCUT2D eigenvalue weighted by Gasteiger charge is -2.39. The molecule has 6 atom stereocenters. The zero-order valence-electron chi connectivity index (χ0n) is 42.7. The SMILES string of the molecule is CCCCCCC/C=C\C/C=C\CCCCCCCCCCCCOCC(COC1OC(CO)C(O)C(O)C1O)OC(=O)CCCCCCCCCCC/C=C\C/C=C\CCCCCCC. The lowest BCUT2D eigenvalue weighted by atomic mass is 9.99. The van der Waals surface area contributed by atoms with E-state index in [0.29, 0.717) is 13.0 Å². The van der Waals surface area contributed by atoms with Gasteiger partial charge in [0.2, 0.25) is 0 Å². The fourth-order valence-corrected chi connectivity index (χ4v) is 8.38. The van der Waals surface area contributed by atoms with Gasteiger partial charge in [-0.2, -0.15) is 0 Å². The van der Waals surface area contributed by atoms with Gasteiger partial charge in [-0.25, -0.2) is 0 Å². The van der Waals surface area contributed by atoms with E-state index in [1.807, 2.05) is 0 Å². The average Bonchev–Trinajstić information content (AvgIpc) is 3.32. The Hall–Kier alpha value is -1.85. The Morgan fingerprint density at radius 1 is 0.485 bits per heavy atom. The van der Waals surface area contributed by atoms with Gasteiger partial charge in [-0.3, -0.25) is 4.79 Å². The van der Waals surface area contributed by atoms with E-state index in [1.54, 1.807) is 0 Å². The van der Waals surface area contributed by atoms with E-state index in [4.69, 9.17) is 18.9 Å². The van der Waals surface area contributed by atoms with Gasteiger partial charge in [0, 0.05) is 13.0 Å². The maximum Gasteiger partial charge on any atom is 0.306 e. The highest BCUT2D eigenvalue weighted by Gasteiger charge is 2.44. The van der Waals surface area contributed by atoms with Gasteiger partial charge >= 0.3 is 5.97 Å². The largest absolute Gasteiger partial charge is 0.457 e. The molecule has 1 rings (SSSR count). The second-order valence-electron chi connectivity index (χ2n) is 19.0. The Bertz CT molecular complexity index is 1150. The van der Waals surface area contributed by atoms with Crippen LogP contribution in [0.15, 0.2) is 48.6 Å². The molecule has 0 radical (unpaired) electrons. The summed E-state index contributed by atoms with van der Waals surface area (Å²) >= 11 is 0. The maximum atomic E-state index is 12.9. The van der Waals surface area contributed by atoms with Gasteiger partial charge in [0.1, 0.15) is 30.5 Å². The number of carbonyl (C=O) groups is 1. The van der Waals surface area contributed by atoms with Gasteiger partial charge in [0.25, 0.3) is 0 Å². The summed E-state index contributed by atoms with van der Waals surface area (Å²) in [4.78, 5) is 12.9. The third-order valence-corrected chi connectivity index (χ3v) is 12.7. The summed E-state index contributed by atoms with van der Waals surface area (Å²) < 4.78 is 22.9. The van der Waals surface area contributed by atoms with E-state index in [9.17, 15) is 25.2 Å². The van der Waals surface area contributed by atoms with Crippen LogP contribution >= 0.6 is 0 Å². The summed E-state index contributed by atoms with van der Waals surface area (Å²) in [5, 5.41) is 40.3. The topological polar surface area (TPSA) is 135 Å². The highest BCUT2D eigenvalue weighted by Crippen LogP contribution is 2.23. The van der Waals surface area contributed by atoms with Crippen LogP contribution in [0.1, 0.15) is 245 Å². The Balaban J connectivity index is 2.18. The predicted octanol–water partition coefficient (Wildman–Crippen LogP) is 14.0. The minimum atomic E-state index is -1.54. The molecule has 9 heteroatoms. The minimum Gasteiger partial charge on any atom is -0.457 e. The molecule has 1 aliphatic heterocycles. The first kappa shape index (κ1) is 62.2. The number of carbonyl (C=O) groups excluding carboxylic acids is 1. The molecule has 0 spiro atoms. The number of allylic oxidation sites excluding steroid dienone is 8. The Kier molecular flexibility index (Phi) is 45.4. The molecule has 0 aromatic carbocycles. The van der Waals surface area contributed by atoms with Crippen molar-refractivity contribution in [3.05, 3.63) is 48.6 Å². The van der Waals surface area contributed by atoms with Gasteiger partial charge in [0.05, 0.1) is 19.8 Å². The Morgan fingerprint density at radius 2 is 0.879 bits per heavy atom. The van der Waals surface area contributed by atoms with E-state index >= 15 is 0 Å². The first-order chi connectivity index (χ1) is 32.4. The number of rotatable bonds is 48. The minimum absolute atomic E-state index is 0.116. The van der Waals surface area contributed by atoms with Crippen LogP contribution in [-0.4, -0.2) is 89.6 Å². The first-order valence-electron chi connectivity index (χ1n) is 27.7. The van der Waals surface area contributed by atoms with Gasteiger partial charge in [-0.1, -0.05) is 210 Å². The van der Waals surface area contributed by atoms with Crippen LogP contribution in [0.3, 0.4) is 0 Å². The lowest BCUT2D eigenvalue weighted by Crippen LogP contribution is -2.59. The van der Waals surface area contributed by atoms with Crippen molar-refractivity contribution in [2.45, 2.75) is 282 Å². The summed E-state index contributed by atoms with van der Waals surface area (Å²) in [5.74, 6) is -0.317. The maximum absolute atomic E-state index is 12.9. The smallest absolute Gasteiger partial charge is 0.306 e. The van der Waals surface area contributed by atoms with Crippen LogP contribution in [-0.2, 0) is 23.7 Å². The molecule has 1 fully saturated rings. The second kappa shape index (κ2) is 48.2. The number of unbranched alkanes of at least 4 members (excludes halogenated alkanes) is 29. The van der Waals surface area contributed by atoms with E-state index < -0.39 is 43.4 Å². The molecule has 1 aliphatic rings. The molecule has 0 saturated carbocycles. The summed E-state index contributed by atoms with van der Waals surface area (Å²) in [5.41, 5.74) is 0. The van der Waals surface area contributed by atoms with Crippen molar-refractivity contribution < 1.29 is 44.2 Å². The van der Waals surface area contributed by atoms with E-state index in [2.05, 4.69) is 62.5 Å². The van der Waals surface area contributed by atoms with Crippen LogP contribution in [0.2, 0.25) is 0 Å². The van der Waals surface area contributed by atoms with Gasteiger partial charge in [-0.05, 0) is 77.0 Å². The van der Waals surface area contributed by atoms with Crippen LogP contribution < -0.4 is 0 Å². The first-order valence-corrected chi connectivity index (χ1v) is 27.7. The molecule has 0 aromatic rings. The zero-order valence-corrected chi connectivity index (χ0v) is 42.7. The monoisotopic (exact) mass is 933 g/mol. The van der Waals surface area contributed by atoms with Gasteiger partial charge in [-0.15, -0.1) is 0 Å². The molecule has 4 N–H and O–H groups in total. The van der Waals surface area contributed by atoms with E-state index in [1.165, 1.54) is 180 Å². The van der Waals surface area contributed by atoms with Crippen LogP contribution in [0.5, 0.6) is 0 Å². The number of hydrogen-bond acceptors (Lipinski definition) is 9. The van der Waals surface area contributed by atoms with E-state index in [0.717, 1.165) is 44.9 Å².